The highest BCUT2D eigenvalue weighted by Crippen LogP contribution is 2.33. The van der Waals surface area contributed by atoms with E-state index in [2.05, 4.69) is 22.0 Å². The molecule has 0 aliphatic carbocycles. The van der Waals surface area contributed by atoms with E-state index in [1.54, 1.807) is 11.8 Å². The van der Waals surface area contributed by atoms with Crippen molar-refractivity contribution in [1.29, 1.82) is 0 Å². The SMILES string of the molecule is CC(Cl)OC(=O)Cl.CC(Cl)OC(=O)N1C2CCCC1CC(=O)C2.CN1C2CCCC1CC(=O)C2.Cl.O=C1CC2CCCC(C1)N2. The zero-order valence-electron chi connectivity index (χ0n) is 26.5. The van der Waals surface area contributed by atoms with Crippen molar-refractivity contribution in [2.45, 2.75) is 158 Å². The number of nitrogens with zero attached hydrogens (tertiary/aromatic N) is 2. The fraction of sp³-hybridized carbons (Fsp3) is 0.839. The second-order valence-corrected chi connectivity index (χ2v) is 14.2. The van der Waals surface area contributed by atoms with Crippen LogP contribution in [0.3, 0.4) is 0 Å². The predicted octanol–water partition coefficient (Wildman–Crippen LogP) is 6.72. The van der Waals surface area contributed by atoms with Gasteiger partial charge in [-0.05, 0) is 65.8 Å². The zero-order chi connectivity index (χ0) is 32.4. The summed E-state index contributed by atoms with van der Waals surface area (Å²) in [4.78, 5) is 59.4. The number of nitrogens with one attached hydrogen (secondary N) is 1. The van der Waals surface area contributed by atoms with E-state index >= 15 is 0 Å². The molecule has 10 nitrogen and oxygen atoms in total. The second kappa shape index (κ2) is 19.6. The van der Waals surface area contributed by atoms with Gasteiger partial charge in [-0.3, -0.25) is 19.3 Å². The first-order valence-corrected chi connectivity index (χ1v) is 17.2. The molecule has 8 atom stereocenters. The van der Waals surface area contributed by atoms with Gasteiger partial charge in [-0.15, -0.1) is 12.4 Å². The molecule has 14 heteroatoms. The topological polar surface area (TPSA) is 122 Å². The van der Waals surface area contributed by atoms with Gasteiger partial charge in [0.25, 0.3) is 0 Å². The summed E-state index contributed by atoms with van der Waals surface area (Å²) in [5, 5.41) is 3.46. The average Bonchev–Trinajstić information content (AvgIpc) is 2.88. The lowest BCUT2D eigenvalue weighted by molar-refractivity contribution is -0.127. The quantitative estimate of drug-likeness (QED) is 0.245. The van der Waals surface area contributed by atoms with Crippen LogP contribution < -0.4 is 5.32 Å². The maximum absolute atomic E-state index is 11.8. The number of amides is 1. The lowest BCUT2D eigenvalue weighted by Crippen LogP contribution is -2.55. The molecule has 6 fully saturated rings. The number of hydrogen-bond acceptors (Lipinski definition) is 9. The number of piperidine rings is 6. The molecule has 6 aliphatic rings. The molecule has 258 valence electrons. The van der Waals surface area contributed by atoms with Gasteiger partial charge in [-0.1, -0.05) is 36.0 Å². The maximum Gasteiger partial charge on any atom is 0.411 e. The van der Waals surface area contributed by atoms with Crippen LogP contribution >= 0.6 is 47.2 Å². The first kappa shape index (κ1) is 40.0. The Bertz CT molecular complexity index is 972. The first-order valence-electron chi connectivity index (χ1n) is 16.0. The van der Waals surface area contributed by atoms with Gasteiger partial charge in [0.1, 0.15) is 17.3 Å². The van der Waals surface area contributed by atoms with Gasteiger partial charge in [-0.25, -0.2) is 9.59 Å². The van der Waals surface area contributed by atoms with Crippen LogP contribution in [-0.2, 0) is 23.9 Å². The molecule has 1 amide bonds. The summed E-state index contributed by atoms with van der Waals surface area (Å²) in [5.74, 6) is 1.21. The largest absolute Gasteiger partial charge is 0.434 e. The summed E-state index contributed by atoms with van der Waals surface area (Å²) in [6, 6.07) is 2.27. The van der Waals surface area contributed by atoms with Gasteiger partial charge in [0, 0.05) is 86.4 Å². The van der Waals surface area contributed by atoms with Crippen LogP contribution in [0.2, 0.25) is 0 Å². The molecule has 0 aromatic carbocycles. The standard InChI is InChI=1S/C11H16ClNO3.C9H15NO.C8H13NO.C3H4Cl2O2.ClH/c1-7(12)16-11(15)13-8-3-2-4-9(13)6-10(14)5-8;1-10-7-3-2-4-8(10)6-9(11)5-7;10-8-4-6-2-1-3-7(5-8)9-6;1-2(4)7-3(5)6;/h7-9H,2-6H2,1H3;7-8H,2-6H2,1H3;6-7,9H,1-5H2;2H,1H3;1H. The van der Waals surface area contributed by atoms with Gasteiger partial charge in [0.05, 0.1) is 0 Å². The lowest BCUT2D eigenvalue weighted by atomic mass is 9.84. The summed E-state index contributed by atoms with van der Waals surface area (Å²) in [5.41, 5.74) is -2.13. The summed E-state index contributed by atoms with van der Waals surface area (Å²) in [7, 11) is 2.17. The van der Waals surface area contributed by atoms with Gasteiger partial charge < -0.3 is 19.7 Å². The Morgan fingerprint density at radius 2 is 1.07 bits per heavy atom. The zero-order valence-corrected chi connectivity index (χ0v) is 29.6. The Morgan fingerprint density at radius 1 is 0.689 bits per heavy atom. The fourth-order valence-electron chi connectivity index (χ4n) is 7.26. The number of carbonyl (C=O) groups is 5. The molecular formula is C31H49Cl4N3O7. The van der Waals surface area contributed by atoms with Crippen LogP contribution in [0.4, 0.5) is 9.59 Å². The molecule has 6 aliphatic heterocycles. The van der Waals surface area contributed by atoms with E-state index in [-0.39, 0.29) is 36.4 Å². The van der Waals surface area contributed by atoms with E-state index in [0.717, 1.165) is 44.9 Å². The lowest BCUT2D eigenvalue weighted by Gasteiger charge is -2.44. The Hall–Kier alpha value is -1.17. The molecule has 6 rings (SSSR count). The Labute approximate surface area is 288 Å². The fourth-order valence-corrected chi connectivity index (χ4v) is 7.60. The molecule has 0 radical (unpaired) electrons. The maximum atomic E-state index is 11.8. The van der Waals surface area contributed by atoms with E-state index in [1.807, 2.05) is 0 Å². The number of carbonyl (C=O) groups excluding carboxylic acids is 5. The van der Waals surface area contributed by atoms with Crippen molar-refractivity contribution in [3.63, 3.8) is 0 Å². The molecule has 0 aromatic rings. The summed E-state index contributed by atoms with van der Waals surface area (Å²) < 4.78 is 9.14. The number of Topliss-reactive ketones (excluding diaryl/α,β-unsaturated/α-hetero) is 3. The molecule has 0 aromatic heterocycles. The van der Waals surface area contributed by atoms with Crippen LogP contribution in [0.1, 0.15) is 110 Å². The Balaban J connectivity index is 0.000000216. The molecule has 0 spiro atoms. The predicted molar refractivity (Wildman–Crippen MR) is 176 cm³/mol. The molecule has 8 unspecified atom stereocenters. The van der Waals surface area contributed by atoms with Crippen molar-refractivity contribution in [2.75, 3.05) is 7.05 Å². The first-order chi connectivity index (χ1) is 20.8. The minimum Gasteiger partial charge on any atom is -0.434 e. The van der Waals surface area contributed by atoms with Crippen molar-refractivity contribution < 1.29 is 33.4 Å². The highest BCUT2D eigenvalue weighted by atomic mass is 35.5. The third-order valence-electron chi connectivity index (χ3n) is 9.20. The Morgan fingerprint density at radius 3 is 1.47 bits per heavy atom. The van der Waals surface area contributed by atoms with Gasteiger partial charge in [-0.2, -0.15) is 0 Å². The number of fused-ring (bicyclic) bond motifs is 6. The minimum absolute atomic E-state index is 0. The summed E-state index contributed by atoms with van der Waals surface area (Å²) in [6.45, 7) is 3.12. The number of ketones is 3. The summed E-state index contributed by atoms with van der Waals surface area (Å²) >= 11 is 15.5. The second-order valence-electron chi connectivity index (χ2n) is 12.7. The van der Waals surface area contributed by atoms with E-state index < -0.39 is 16.6 Å². The van der Waals surface area contributed by atoms with Gasteiger partial charge >= 0.3 is 11.5 Å². The number of ether oxygens (including phenoxy) is 2. The van der Waals surface area contributed by atoms with Crippen LogP contribution in [0.15, 0.2) is 0 Å². The van der Waals surface area contributed by atoms with Crippen LogP contribution in [-0.4, -0.2) is 93.1 Å². The van der Waals surface area contributed by atoms with Crippen LogP contribution in [0.5, 0.6) is 0 Å². The monoisotopic (exact) mass is 715 g/mol. The van der Waals surface area contributed by atoms with E-state index in [4.69, 9.17) is 39.5 Å². The van der Waals surface area contributed by atoms with Crippen LogP contribution in [0, 0.1) is 0 Å². The van der Waals surface area contributed by atoms with Crippen molar-refractivity contribution >= 4 is 76.1 Å². The van der Waals surface area contributed by atoms with Gasteiger partial charge in [0.2, 0.25) is 0 Å². The molecular weight excluding hydrogens is 668 g/mol. The molecule has 6 heterocycles. The number of halogens is 4. The van der Waals surface area contributed by atoms with Gasteiger partial charge in [0.15, 0.2) is 11.1 Å². The number of rotatable bonds is 2. The van der Waals surface area contributed by atoms with Crippen molar-refractivity contribution in [1.82, 2.24) is 15.1 Å². The molecule has 6 saturated heterocycles. The van der Waals surface area contributed by atoms with Crippen molar-refractivity contribution in [3.05, 3.63) is 0 Å². The third kappa shape index (κ3) is 13.5. The molecule has 0 saturated carbocycles. The highest BCUT2D eigenvalue weighted by Gasteiger charge is 2.41. The minimum atomic E-state index is -0.873. The van der Waals surface area contributed by atoms with E-state index in [9.17, 15) is 24.0 Å². The Kier molecular flexibility index (Phi) is 17.4. The molecule has 45 heavy (non-hydrogen) atoms. The average molecular weight is 718 g/mol. The molecule has 1 N–H and O–H groups in total. The van der Waals surface area contributed by atoms with Crippen molar-refractivity contribution in [2.24, 2.45) is 0 Å². The highest BCUT2D eigenvalue weighted by molar-refractivity contribution is 6.61. The number of hydrogen-bond donors (Lipinski definition) is 1. The van der Waals surface area contributed by atoms with Crippen molar-refractivity contribution in [3.8, 4) is 0 Å². The summed E-state index contributed by atoms with van der Waals surface area (Å²) in [6.07, 6.45) is 14.2. The third-order valence-corrected chi connectivity index (χ3v) is 9.46. The van der Waals surface area contributed by atoms with Crippen LogP contribution in [0.25, 0.3) is 0 Å². The van der Waals surface area contributed by atoms with E-state index in [1.165, 1.54) is 45.4 Å². The van der Waals surface area contributed by atoms with E-state index in [0.29, 0.717) is 48.6 Å². The number of alkyl halides is 2. The smallest absolute Gasteiger partial charge is 0.411 e. The normalized spacial score (nSPS) is 31.5. The molecule has 6 bridgehead atoms.